The second-order valence-corrected chi connectivity index (χ2v) is 5.77. The van der Waals surface area contributed by atoms with Crippen molar-refractivity contribution in [2.75, 3.05) is 5.32 Å². The van der Waals surface area contributed by atoms with E-state index in [9.17, 15) is 4.79 Å². The van der Waals surface area contributed by atoms with E-state index >= 15 is 0 Å². The van der Waals surface area contributed by atoms with Crippen LogP contribution in [0, 0.1) is 6.92 Å². The number of nitrogens with one attached hydrogen (secondary N) is 1. The van der Waals surface area contributed by atoms with Gasteiger partial charge in [-0.2, -0.15) is 0 Å². The zero-order valence-electron chi connectivity index (χ0n) is 12.4. The largest absolute Gasteiger partial charge is 0.481 e. The van der Waals surface area contributed by atoms with E-state index in [1.807, 2.05) is 26.0 Å². The molecule has 2 aromatic rings. The summed E-state index contributed by atoms with van der Waals surface area (Å²) >= 11 is 11.9. The molecule has 0 aliphatic carbocycles. The lowest BCUT2D eigenvalue weighted by atomic mass is 10.2. The van der Waals surface area contributed by atoms with Crippen LogP contribution < -0.4 is 10.1 Å². The number of ether oxygens (including phenoxy) is 1. The zero-order chi connectivity index (χ0) is 16.1. The molecule has 0 bridgehead atoms. The number of carbonyl (C=O) groups is 1. The van der Waals surface area contributed by atoms with Gasteiger partial charge in [-0.3, -0.25) is 4.79 Å². The average Bonchev–Trinajstić information content (AvgIpc) is 2.50. The van der Waals surface area contributed by atoms with E-state index in [-0.39, 0.29) is 5.91 Å². The lowest BCUT2D eigenvalue weighted by Crippen LogP contribution is -2.32. The number of benzene rings is 2. The van der Waals surface area contributed by atoms with Gasteiger partial charge in [-0.1, -0.05) is 36.2 Å². The smallest absolute Gasteiger partial charge is 0.265 e. The molecule has 5 heteroatoms. The van der Waals surface area contributed by atoms with E-state index in [0.29, 0.717) is 27.9 Å². The summed E-state index contributed by atoms with van der Waals surface area (Å²) < 4.78 is 5.70. The quantitative estimate of drug-likeness (QED) is 0.824. The molecule has 0 spiro atoms. The van der Waals surface area contributed by atoms with Gasteiger partial charge in [0.1, 0.15) is 5.75 Å². The summed E-state index contributed by atoms with van der Waals surface area (Å²) in [5, 5.41) is 4.06. The summed E-state index contributed by atoms with van der Waals surface area (Å²) in [6, 6.07) is 12.3. The van der Waals surface area contributed by atoms with Crippen LogP contribution in [0.1, 0.15) is 18.9 Å². The maximum absolute atomic E-state index is 12.3. The van der Waals surface area contributed by atoms with Crippen molar-refractivity contribution in [2.45, 2.75) is 26.4 Å². The van der Waals surface area contributed by atoms with Crippen molar-refractivity contribution in [3.05, 3.63) is 58.1 Å². The maximum atomic E-state index is 12.3. The van der Waals surface area contributed by atoms with Crippen LogP contribution in [0.3, 0.4) is 0 Å². The van der Waals surface area contributed by atoms with Gasteiger partial charge < -0.3 is 10.1 Å². The molecular formula is C17H17Cl2NO2. The molecule has 1 atom stereocenters. The minimum absolute atomic E-state index is 0.211. The monoisotopic (exact) mass is 337 g/mol. The highest BCUT2D eigenvalue weighted by Crippen LogP contribution is 2.21. The van der Waals surface area contributed by atoms with Gasteiger partial charge in [0, 0.05) is 15.7 Å². The van der Waals surface area contributed by atoms with Crippen LogP contribution in [-0.2, 0) is 4.79 Å². The third-order valence-corrected chi connectivity index (χ3v) is 3.85. The van der Waals surface area contributed by atoms with Crippen LogP contribution >= 0.6 is 23.2 Å². The van der Waals surface area contributed by atoms with Crippen LogP contribution in [-0.4, -0.2) is 12.0 Å². The third kappa shape index (κ3) is 4.39. The second-order valence-electron chi connectivity index (χ2n) is 4.92. The number of anilines is 1. The van der Waals surface area contributed by atoms with Crippen molar-refractivity contribution in [2.24, 2.45) is 0 Å². The van der Waals surface area contributed by atoms with E-state index in [2.05, 4.69) is 5.32 Å². The molecular weight excluding hydrogens is 321 g/mol. The van der Waals surface area contributed by atoms with E-state index in [1.165, 1.54) is 0 Å². The van der Waals surface area contributed by atoms with Crippen LogP contribution in [0.25, 0.3) is 0 Å². The highest BCUT2D eigenvalue weighted by molar-refractivity contribution is 6.31. The number of amides is 1. The summed E-state index contributed by atoms with van der Waals surface area (Å²) in [7, 11) is 0. The lowest BCUT2D eigenvalue weighted by Gasteiger charge is -2.17. The van der Waals surface area contributed by atoms with Crippen molar-refractivity contribution in [3.63, 3.8) is 0 Å². The normalized spacial score (nSPS) is 11.8. The molecule has 1 N–H and O–H groups in total. The Kier molecular flexibility index (Phi) is 5.69. The minimum atomic E-state index is -0.582. The average molecular weight is 338 g/mol. The van der Waals surface area contributed by atoms with Crippen molar-refractivity contribution in [3.8, 4) is 5.75 Å². The Labute approximate surface area is 140 Å². The van der Waals surface area contributed by atoms with Gasteiger partial charge in [0.15, 0.2) is 6.10 Å². The minimum Gasteiger partial charge on any atom is -0.481 e. The number of hydrogen-bond donors (Lipinski definition) is 1. The van der Waals surface area contributed by atoms with Crippen molar-refractivity contribution >= 4 is 34.8 Å². The Balaban J connectivity index is 2.04. The van der Waals surface area contributed by atoms with Crippen molar-refractivity contribution in [1.82, 2.24) is 0 Å². The molecule has 22 heavy (non-hydrogen) atoms. The molecule has 0 fully saturated rings. The number of rotatable bonds is 5. The van der Waals surface area contributed by atoms with E-state index in [4.69, 9.17) is 27.9 Å². The Bertz CT molecular complexity index is 656. The molecule has 0 aliphatic heterocycles. The number of carbonyl (C=O) groups excluding carboxylic acids is 1. The number of hydrogen-bond acceptors (Lipinski definition) is 2. The summed E-state index contributed by atoms with van der Waals surface area (Å²) in [4.78, 5) is 12.3. The molecule has 0 saturated heterocycles. The predicted molar refractivity (Wildman–Crippen MR) is 91.0 cm³/mol. The molecule has 0 heterocycles. The van der Waals surface area contributed by atoms with Gasteiger partial charge in [-0.15, -0.1) is 0 Å². The summed E-state index contributed by atoms with van der Waals surface area (Å²) in [5.74, 6) is 0.394. The SMILES string of the molecule is CC[C@@H](Oc1ccc(Cl)cc1)C(=O)Nc1ccc(C)c(Cl)c1. The van der Waals surface area contributed by atoms with Gasteiger partial charge in [0.25, 0.3) is 5.91 Å². The van der Waals surface area contributed by atoms with Crippen molar-refractivity contribution in [1.29, 1.82) is 0 Å². The molecule has 2 rings (SSSR count). The molecule has 0 aromatic heterocycles. The molecule has 3 nitrogen and oxygen atoms in total. The van der Waals surface area contributed by atoms with E-state index in [0.717, 1.165) is 5.56 Å². The van der Waals surface area contributed by atoms with Crippen LogP contribution in [0.2, 0.25) is 10.0 Å². The Hall–Kier alpha value is -1.71. The van der Waals surface area contributed by atoms with Gasteiger partial charge >= 0.3 is 0 Å². The number of halogens is 2. The first-order chi connectivity index (χ1) is 10.5. The molecule has 0 radical (unpaired) electrons. The predicted octanol–water partition coefficient (Wildman–Crippen LogP) is 5.10. The fourth-order valence-corrected chi connectivity index (χ4v) is 2.20. The van der Waals surface area contributed by atoms with Gasteiger partial charge in [-0.05, 0) is 55.3 Å². The molecule has 0 saturated carbocycles. The van der Waals surface area contributed by atoms with Crippen molar-refractivity contribution < 1.29 is 9.53 Å². The fourth-order valence-electron chi connectivity index (χ4n) is 1.89. The number of aryl methyl sites for hydroxylation is 1. The van der Waals surface area contributed by atoms with E-state index < -0.39 is 6.10 Å². The Morgan fingerprint density at radius 2 is 1.86 bits per heavy atom. The maximum Gasteiger partial charge on any atom is 0.265 e. The fraction of sp³-hybridized carbons (Fsp3) is 0.235. The van der Waals surface area contributed by atoms with Gasteiger partial charge in [-0.25, -0.2) is 0 Å². The molecule has 0 aliphatic rings. The topological polar surface area (TPSA) is 38.3 Å². The molecule has 2 aromatic carbocycles. The van der Waals surface area contributed by atoms with Gasteiger partial charge in [0.2, 0.25) is 0 Å². The Morgan fingerprint density at radius 3 is 2.45 bits per heavy atom. The highest BCUT2D eigenvalue weighted by Gasteiger charge is 2.18. The molecule has 116 valence electrons. The third-order valence-electron chi connectivity index (χ3n) is 3.19. The first-order valence-electron chi connectivity index (χ1n) is 6.99. The van der Waals surface area contributed by atoms with E-state index in [1.54, 1.807) is 30.3 Å². The van der Waals surface area contributed by atoms with Crippen LogP contribution in [0.5, 0.6) is 5.75 Å². The first kappa shape index (κ1) is 16.7. The Morgan fingerprint density at radius 1 is 1.18 bits per heavy atom. The van der Waals surface area contributed by atoms with Crippen LogP contribution in [0.15, 0.2) is 42.5 Å². The molecule has 0 unspecified atom stereocenters. The van der Waals surface area contributed by atoms with Gasteiger partial charge in [0.05, 0.1) is 0 Å². The standard InChI is InChI=1S/C17H17Cl2NO2/c1-3-16(22-14-8-5-12(18)6-9-14)17(21)20-13-7-4-11(2)15(19)10-13/h4-10,16H,3H2,1-2H3,(H,20,21)/t16-/m1/s1. The van der Waals surface area contributed by atoms with Crippen LogP contribution in [0.4, 0.5) is 5.69 Å². The lowest BCUT2D eigenvalue weighted by molar-refractivity contribution is -0.122. The summed E-state index contributed by atoms with van der Waals surface area (Å²) in [6.45, 7) is 3.80. The highest BCUT2D eigenvalue weighted by atomic mass is 35.5. The second kappa shape index (κ2) is 7.52. The summed E-state index contributed by atoms with van der Waals surface area (Å²) in [5.41, 5.74) is 1.61. The first-order valence-corrected chi connectivity index (χ1v) is 7.74. The summed E-state index contributed by atoms with van der Waals surface area (Å²) in [6.07, 6.45) is -0.0325. The zero-order valence-corrected chi connectivity index (χ0v) is 13.9. The molecule has 1 amide bonds.